The second kappa shape index (κ2) is 6.07. The van der Waals surface area contributed by atoms with Gasteiger partial charge in [-0.15, -0.1) is 0 Å². The standard InChI is InChI=1S/C15H17NO3S/c1-2-20(17,18)15-9-4-3-8-14(15)19-13-7-5-6-12(10-13)11-16/h3-10H,2,11,16H2,1H3. The van der Waals surface area contributed by atoms with Gasteiger partial charge >= 0.3 is 0 Å². The largest absolute Gasteiger partial charge is 0.456 e. The lowest BCUT2D eigenvalue weighted by atomic mass is 10.2. The van der Waals surface area contributed by atoms with E-state index in [1.807, 2.05) is 12.1 Å². The van der Waals surface area contributed by atoms with Gasteiger partial charge in [0.15, 0.2) is 9.84 Å². The summed E-state index contributed by atoms with van der Waals surface area (Å²) in [6.45, 7) is 2.02. The maximum Gasteiger partial charge on any atom is 0.181 e. The lowest BCUT2D eigenvalue weighted by molar-refractivity contribution is 0.467. The molecule has 0 aliphatic rings. The Labute approximate surface area is 119 Å². The van der Waals surface area contributed by atoms with Crippen LogP contribution in [-0.2, 0) is 16.4 Å². The van der Waals surface area contributed by atoms with E-state index >= 15 is 0 Å². The third-order valence-corrected chi connectivity index (χ3v) is 4.69. The molecule has 0 saturated carbocycles. The van der Waals surface area contributed by atoms with Gasteiger partial charge in [0.25, 0.3) is 0 Å². The van der Waals surface area contributed by atoms with Gasteiger partial charge in [-0.1, -0.05) is 31.2 Å². The first kappa shape index (κ1) is 14.6. The van der Waals surface area contributed by atoms with Crippen LogP contribution < -0.4 is 10.5 Å². The van der Waals surface area contributed by atoms with Crippen LogP contribution in [0.1, 0.15) is 12.5 Å². The van der Waals surface area contributed by atoms with Gasteiger partial charge in [-0.2, -0.15) is 0 Å². The highest BCUT2D eigenvalue weighted by molar-refractivity contribution is 7.91. The topological polar surface area (TPSA) is 69.4 Å². The Balaban J connectivity index is 2.39. The highest BCUT2D eigenvalue weighted by Gasteiger charge is 2.17. The lowest BCUT2D eigenvalue weighted by Crippen LogP contribution is -2.05. The highest BCUT2D eigenvalue weighted by atomic mass is 32.2. The average molecular weight is 291 g/mol. The van der Waals surface area contributed by atoms with Crippen LogP contribution in [0, 0.1) is 0 Å². The van der Waals surface area contributed by atoms with Crippen molar-refractivity contribution in [3.8, 4) is 11.5 Å². The van der Waals surface area contributed by atoms with Gasteiger partial charge < -0.3 is 10.5 Å². The number of para-hydroxylation sites is 1. The minimum absolute atomic E-state index is 0.0379. The van der Waals surface area contributed by atoms with E-state index in [0.29, 0.717) is 18.0 Å². The number of ether oxygens (including phenoxy) is 1. The predicted molar refractivity (Wildman–Crippen MR) is 78.6 cm³/mol. The third kappa shape index (κ3) is 3.18. The van der Waals surface area contributed by atoms with E-state index in [9.17, 15) is 8.42 Å². The second-order valence-electron chi connectivity index (χ2n) is 4.30. The van der Waals surface area contributed by atoms with Crippen molar-refractivity contribution in [2.75, 3.05) is 5.75 Å². The van der Waals surface area contributed by atoms with E-state index in [2.05, 4.69) is 0 Å². The average Bonchev–Trinajstić information content (AvgIpc) is 2.48. The Morgan fingerprint density at radius 1 is 1.10 bits per heavy atom. The van der Waals surface area contributed by atoms with Crippen LogP contribution in [0.5, 0.6) is 11.5 Å². The monoisotopic (exact) mass is 291 g/mol. The molecule has 0 aromatic heterocycles. The van der Waals surface area contributed by atoms with Crippen LogP contribution in [0.15, 0.2) is 53.4 Å². The zero-order chi connectivity index (χ0) is 14.6. The molecule has 0 aliphatic carbocycles. The van der Waals surface area contributed by atoms with Crippen LogP contribution in [0.25, 0.3) is 0 Å². The fraction of sp³-hybridized carbons (Fsp3) is 0.200. The van der Waals surface area contributed by atoms with Crippen LogP contribution >= 0.6 is 0 Å². The number of rotatable bonds is 5. The van der Waals surface area contributed by atoms with Crippen LogP contribution in [0.4, 0.5) is 0 Å². The molecule has 0 bridgehead atoms. The summed E-state index contributed by atoms with van der Waals surface area (Å²) in [4.78, 5) is 0.209. The smallest absolute Gasteiger partial charge is 0.181 e. The third-order valence-electron chi connectivity index (χ3n) is 2.93. The molecule has 5 heteroatoms. The van der Waals surface area contributed by atoms with Gasteiger partial charge in [-0.3, -0.25) is 0 Å². The quantitative estimate of drug-likeness (QED) is 0.919. The molecule has 0 fully saturated rings. The summed E-state index contributed by atoms with van der Waals surface area (Å²) in [7, 11) is -3.31. The van der Waals surface area contributed by atoms with E-state index < -0.39 is 9.84 Å². The van der Waals surface area contributed by atoms with E-state index in [0.717, 1.165) is 5.56 Å². The molecule has 0 spiro atoms. The number of hydrogen-bond donors (Lipinski definition) is 1. The predicted octanol–water partition coefficient (Wildman–Crippen LogP) is 2.73. The highest BCUT2D eigenvalue weighted by Crippen LogP contribution is 2.29. The molecular weight excluding hydrogens is 274 g/mol. The molecule has 106 valence electrons. The second-order valence-corrected chi connectivity index (χ2v) is 6.55. The molecule has 0 amide bonds. The van der Waals surface area contributed by atoms with Crippen LogP contribution in [-0.4, -0.2) is 14.2 Å². The summed E-state index contributed by atoms with van der Waals surface area (Å²) < 4.78 is 29.8. The first-order valence-electron chi connectivity index (χ1n) is 6.35. The molecule has 0 atom stereocenters. The Kier molecular flexibility index (Phi) is 4.42. The molecule has 0 radical (unpaired) electrons. The Morgan fingerprint density at radius 2 is 1.85 bits per heavy atom. The lowest BCUT2D eigenvalue weighted by Gasteiger charge is -2.11. The summed E-state index contributed by atoms with van der Waals surface area (Å²) in [6.07, 6.45) is 0. The molecule has 2 aromatic rings. The summed E-state index contributed by atoms with van der Waals surface area (Å²) in [5.74, 6) is 0.950. The molecule has 0 aliphatic heterocycles. The molecule has 2 rings (SSSR count). The fourth-order valence-corrected chi connectivity index (χ4v) is 2.82. The van der Waals surface area contributed by atoms with Crippen molar-refractivity contribution in [1.82, 2.24) is 0 Å². The first-order valence-corrected chi connectivity index (χ1v) is 8.00. The van der Waals surface area contributed by atoms with E-state index in [1.165, 1.54) is 0 Å². The van der Waals surface area contributed by atoms with Crippen molar-refractivity contribution < 1.29 is 13.2 Å². The molecule has 20 heavy (non-hydrogen) atoms. The number of benzene rings is 2. The van der Waals surface area contributed by atoms with Crippen molar-refractivity contribution in [3.05, 3.63) is 54.1 Å². The molecular formula is C15H17NO3S. The number of sulfone groups is 1. The fourth-order valence-electron chi connectivity index (χ4n) is 1.81. The Hall–Kier alpha value is -1.85. The first-order chi connectivity index (χ1) is 9.56. The zero-order valence-corrected chi connectivity index (χ0v) is 12.1. The number of nitrogens with two attached hydrogens (primary N) is 1. The Bertz CT molecular complexity index is 696. The van der Waals surface area contributed by atoms with Gasteiger partial charge in [-0.25, -0.2) is 8.42 Å². The molecule has 2 N–H and O–H groups in total. The minimum Gasteiger partial charge on any atom is -0.456 e. The van der Waals surface area contributed by atoms with Crippen molar-refractivity contribution in [2.45, 2.75) is 18.4 Å². The van der Waals surface area contributed by atoms with Crippen molar-refractivity contribution >= 4 is 9.84 Å². The summed E-state index contributed by atoms with van der Waals surface area (Å²) in [6, 6.07) is 13.9. The number of hydrogen-bond acceptors (Lipinski definition) is 4. The van der Waals surface area contributed by atoms with Gasteiger partial charge in [0.05, 0.1) is 5.75 Å². The van der Waals surface area contributed by atoms with Gasteiger partial charge in [-0.05, 0) is 29.8 Å². The van der Waals surface area contributed by atoms with Crippen molar-refractivity contribution in [3.63, 3.8) is 0 Å². The molecule has 4 nitrogen and oxygen atoms in total. The van der Waals surface area contributed by atoms with E-state index in [-0.39, 0.29) is 10.6 Å². The van der Waals surface area contributed by atoms with Crippen LogP contribution in [0.3, 0.4) is 0 Å². The van der Waals surface area contributed by atoms with E-state index in [4.69, 9.17) is 10.5 Å². The molecule has 0 heterocycles. The van der Waals surface area contributed by atoms with Crippen LogP contribution in [0.2, 0.25) is 0 Å². The van der Waals surface area contributed by atoms with Gasteiger partial charge in [0.1, 0.15) is 16.4 Å². The Morgan fingerprint density at radius 3 is 2.55 bits per heavy atom. The van der Waals surface area contributed by atoms with E-state index in [1.54, 1.807) is 43.3 Å². The SMILES string of the molecule is CCS(=O)(=O)c1ccccc1Oc1cccc(CN)c1. The molecule has 2 aromatic carbocycles. The van der Waals surface area contributed by atoms with Gasteiger partial charge in [0, 0.05) is 6.54 Å². The maximum atomic E-state index is 12.0. The van der Waals surface area contributed by atoms with Crippen molar-refractivity contribution in [2.24, 2.45) is 5.73 Å². The minimum atomic E-state index is -3.31. The molecule has 0 saturated heterocycles. The molecule has 0 unspecified atom stereocenters. The maximum absolute atomic E-state index is 12.0. The summed E-state index contributed by atoms with van der Waals surface area (Å²) >= 11 is 0. The zero-order valence-electron chi connectivity index (χ0n) is 11.2. The van der Waals surface area contributed by atoms with Gasteiger partial charge in [0.2, 0.25) is 0 Å². The summed E-state index contributed by atoms with van der Waals surface area (Å²) in [5, 5.41) is 0. The normalized spacial score (nSPS) is 11.3. The summed E-state index contributed by atoms with van der Waals surface area (Å²) in [5.41, 5.74) is 6.51. The van der Waals surface area contributed by atoms with Crippen molar-refractivity contribution in [1.29, 1.82) is 0 Å².